The Labute approximate surface area is 133 Å². The lowest BCUT2D eigenvalue weighted by Crippen LogP contribution is -2.23. The highest BCUT2D eigenvalue weighted by Crippen LogP contribution is 2.27. The summed E-state index contributed by atoms with van der Waals surface area (Å²) in [6.07, 6.45) is 3.96. The summed E-state index contributed by atoms with van der Waals surface area (Å²) < 4.78 is 0. The molecule has 3 nitrogen and oxygen atoms in total. The van der Waals surface area contributed by atoms with Gasteiger partial charge in [0.15, 0.2) is 0 Å². The van der Waals surface area contributed by atoms with Gasteiger partial charge in [-0.3, -0.25) is 9.88 Å². The van der Waals surface area contributed by atoms with Crippen molar-refractivity contribution in [3.63, 3.8) is 0 Å². The van der Waals surface area contributed by atoms with Crippen LogP contribution in [0.3, 0.4) is 0 Å². The van der Waals surface area contributed by atoms with Gasteiger partial charge >= 0.3 is 0 Å². The van der Waals surface area contributed by atoms with Crippen LogP contribution in [0.2, 0.25) is 0 Å². The fourth-order valence-corrected chi connectivity index (χ4v) is 2.37. The van der Waals surface area contributed by atoms with Crippen LogP contribution in [0.25, 0.3) is 0 Å². The number of halogens is 2. The molecule has 0 saturated heterocycles. The summed E-state index contributed by atoms with van der Waals surface area (Å²) in [6.45, 7) is 8.93. The average molecular weight is 327 g/mol. The number of aromatic hydroxyl groups is 1. The number of aromatic nitrogens is 1. The van der Waals surface area contributed by atoms with E-state index in [1.807, 2.05) is 13.1 Å². The molecule has 19 heavy (non-hydrogen) atoms. The molecule has 0 unspecified atom stereocenters. The van der Waals surface area contributed by atoms with Gasteiger partial charge in [0.25, 0.3) is 0 Å². The summed E-state index contributed by atoms with van der Waals surface area (Å²) in [7, 11) is 0. The Bertz CT molecular complexity index is 374. The summed E-state index contributed by atoms with van der Waals surface area (Å²) >= 11 is 1.76. The Kier molecular flexibility index (Phi) is 11.8. The van der Waals surface area contributed by atoms with Crippen LogP contribution in [0.5, 0.6) is 5.75 Å². The number of thioether (sulfide) groups is 1. The summed E-state index contributed by atoms with van der Waals surface area (Å²) in [5, 5.41) is 10.1. The molecule has 112 valence electrons. The lowest BCUT2D eigenvalue weighted by molar-refractivity contribution is 0.289. The normalized spacial score (nSPS) is 9.95. The predicted octanol–water partition coefficient (Wildman–Crippen LogP) is 3.64. The van der Waals surface area contributed by atoms with Gasteiger partial charge in [-0.05, 0) is 31.8 Å². The van der Waals surface area contributed by atoms with Crippen LogP contribution in [-0.2, 0) is 12.3 Å². The standard InChI is InChI=1S/C13H22N2OS.2ClH/c1-5-15(6-2)8-12-11(9-17-4)7-14-10(3)13(12)16;;/h7,16H,5-6,8-9H2,1-4H3;2*1H. The van der Waals surface area contributed by atoms with Crippen molar-refractivity contribution < 1.29 is 5.11 Å². The van der Waals surface area contributed by atoms with E-state index in [1.165, 1.54) is 0 Å². The molecule has 0 spiro atoms. The Balaban J connectivity index is 0. The fourth-order valence-electron chi connectivity index (χ4n) is 1.81. The number of nitrogens with zero attached hydrogens (tertiary/aromatic N) is 2. The number of pyridine rings is 1. The largest absolute Gasteiger partial charge is 0.506 e. The predicted molar refractivity (Wildman–Crippen MR) is 89.0 cm³/mol. The maximum Gasteiger partial charge on any atom is 0.141 e. The molecule has 6 heteroatoms. The molecule has 0 aliphatic rings. The maximum absolute atomic E-state index is 10.1. The Morgan fingerprint density at radius 2 is 1.84 bits per heavy atom. The minimum atomic E-state index is 0. The van der Waals surface area contributed by atoms with Crippen LogP contribution < -0.4 is 0 Å². The molecule has 1 aromatic heterocycles. The Hall–Kier alpha value is -0.160. The lowest BCUT2D eigenvalue weighted by Gasteiger charge is -2.21. The first-order valence-corrected chi connectivity index (χ1v) is 7.40. The Morgan fingerprint density at radius 3 is 2.32 bits per heavy atom. The first kappa shape index (κ1) is 21.1. The van der Waals surface area contributed by atoms with Gasteiger partial charge < -0.3 is 5.11 Å². The van der Waals surface area contributed by atoms with Crippen molar-refractivity contribution in [1.29, 1.82) is 0 Å². The number of hydrogen-bond acceptors (Lipinski definition) is 4. The number of hydrogen-bond donors (Lipinski definition) is 1. The van der Waals surface area contributed by atoms with Gasteiger partial charge in [0.05, 0.1) is 5.69 Å². The van der Waals surface area contributed by atoms with Crippen LogP contribution in [0.15, 0.2) is 6.20 Å². The summed E-state index contributed by atoms with van der Waals surface area (Å²) in [5.74, 6) is 1.26. The fraction of sp³-hybridized carbons (Fsp3) is 0.615. The maximum atomic E-state index is 10.1. The van der Waals surface area contributed by atoms with Crippen molar-refractivity contribution >= 4 is 36.6 Å². The molecular formula is C13H24Cl2N2OS. The van der Waals surface area contributed by atoms with E-state index in [-0.39, 0.29) is 24.8 Å². The van der Waals surface area contributed by atoms with Gasteiger partial charge in [-0.15, -0.1) is 24.8 Å². The molecule has 0 aliphatic carbocycles. The summed E-state index contributed by atoms with van der Waals surface area (Å²) in [4.78, 5) is 6.54. The van der Waals surface area contributed by atoms with Gasteiger partial charge in [0.2, 0.25) is 0 Å². The summed E-state index contributed by atoms with van der Waals surface area (Å²) in [5.41, 5.74) is 2.90. The zero-order chi connectivity index (χ0) is 12.8. The van der Waals surface area contributed by atoms with Crippen molar-refractivity contribution in [2.75, 3.05) is 19.3 Å². The van der Waals surface area contributed by atoms with E-state index in [9.17, 15) is 5.11 Å². The first-order valence-electron chi connectivity index (χ1n) is 6.01. The van der Waals surface area contributed by atoms with E-state index in [0.29, 0.717) is 5.75 Å². The van der Waals surface area contributed by atoms with Gasteiger partial charge in [-0.1, -0.05) is 13.8 Å². The van der Waals surface area contributed by atoms with Gasteiger partial charge in [-0.25, -0.2) is 0 Å². The number of aryl methyl sites for hydroxylation is 1. The second-order valence-electron chi connectivity index (χ2n) is 4.09. The molecule has 0 bridgehead atoms. The van der Waals surface area contributed by atoms with Crippen molar-refractivity contribution in [2.24, 2.45) is 0 Å². The van der Waals surface area contributed by atoms with Crippen LogP contribution in [-0.4, -0.2) is 34.3 Å². The van der Waals surface area contributed by atoms with Crippen molar-refractivity contribution in [3.8, 4) is 5.75 Å². The second kappa shape index (κ2) is 10.6. The first-order chi connectivity index (χ1) is 8.13. The highest BCUT2D eigenvalue weighted by Gasteiger charge is 2.13. The molecule has 1 aromatic rings. The molecular weight excluding hydrogens is 303 g/mol. The van der Waals surface area contributed by atoms with Crippen molar-refractivity contribution in [2.45, 2.75) is 33.1 Å². The van der Waals surface area contributed by atoms with Crippen LogP contribution in [0.4, 0.5) is 0 Å². The highest BCUT2D eigenvalue weighted by molar-refractivity contribution is 7.97. The molecule has 0 fully saturated rings. The minimum absolute atomic E-state index is 0. The molecule has 0 saturated carbocycles. The quantitative estimate of drug-likeness (QED) is 0.865. The van der Waals surface area contributed by atoms with E-state index in [1.54, 1.807) is 11.8 Å². The lowest BCUT2D eigenvalue weighted by atomic mass is 10.1. The van der Waals surface area contributed by atoms with E-state index < -0.39 is 0 Å². The molecule has 0 aromatic carbocycles. The minimum Gasteiger partial charge on any atom is -0.506 e. The molecule has 1 N–H and O–H groups in total. The molecule has 1 rings (SSSR count). The topological polar surface area (TPSA) is 36.4 Å². The van der Waals surface area contributed by atoms with Crippen molar-refractivity contribution in [1.82, 2.24) is 9.88 Å². The summed E-state index contributed by atoms with van der Waals surface area (Å²) in [6, 6.07) is 0. The molecule has 0 atom stereocenters. The Morgan fingerprint density at radius 1 is 1.26 bits per heavy atom. The monoisotopic (exact) mass is 326 g/mol. The molecule has 0 radical (unpaired) electrons. The second-order valence-corrected chi connectivity index (χ2v) is 4.96. The van der Waals surface area contributed by atoms with E-state index in [2.05, 4.69) is 30.0 Å². The van der Waals surface area contributed by atoms with Gasteiger partial charge in [0.1, 0.15) is 5.75 Å². The zero-order valence-electron chi connectivity index (χ0n) is 12.0. The van der Waals surface area contributed by atoms with E-state index >= 15 is 0 Å². The van der Waals surface area contributed by atoms with Gasteiger partial charge in [-0.2, -0.15) is 11.8 Å². The van der Waals surface area contributed by atoms with E-state index in [4.69, 9.17) is 0 Å². The van der Waals surface area contributed by atoms with Crippen LogP contribution in [0.1, 0.15) is 30.7 Å². The zero-order valence-corrected chi connectivity index (χ0v) is 14.4. The van der Waals surface area contributed by atoms with E-state index in [0.717, 1.165) is 42.2 Å². The third-order valence-electron chi connectivity index (χ3n) is 3.01. The smallest absolute Gasteiger partial charge is 0.141 e. The average Bonchev–Trinajstić information content (AvgIpc) is 2.34. The highest BCUT2D eigenvalue weighted by atomic mass is 35.5. The SMILES string of the molecule is CCN(CC)Cc1c(CSC)cnc(C)c1O.Cl.Cl. The molecule has 1 heterocycles. The number of rotatable bonds is 6. The molecule has 0 aliphatic heterocycles. The molecule has 0 amide bonds. The van der Waals surface area contributed by atoms with Crippen molar-refractivity contribution in [3.05, 3.63) is 23.0 Å². The third kappa shape index (κ3) is 5.78. The van der Waals surface area contributed by atoms with Crippen LogP contribution in [0, 0.1) is 6.92 Å². The van der Waals surface area contributed by atoms with Crippen LogP contribution >= 0.6 is 36.6 Å². The van der Waals surface area contributed by atoms with Gasteiger partial charge in [0, 0.05) is 24.1 Å². The third-order valence-corrected chi connectivity index (χ3v) is 3.61.